The summed E-state index contributed by atoms with van der Waals surface area (Å²) in [5.74, 6) is 0.329. The first-order valence-corrected chi connectivity index (χ1v) is 6.01. The number of phenols is 1. The molecule has 3 rings (SSSR count). The second-order valence-electron chi connectivity index (χ2n) is 4.45. The maximum Gasteiger partial charge on any atom is 0.116 e. The number of anilines is 1. The summed E-state index contributed by atoms with van der Waals surface area (Å²) in [7, 11) is 0. The molecule has 1 aliphatic rings. The Balaban J connectivity index is 1.99. The van der Waals surface area contributed by atoms with E-state index in [1.165, 1.54) is 11.1 Å². The molecule has 2 aromatic rings. The highest BCUT2D eigenvalue weighted by Crippen LogP contribution is 2.25. The third kappa shape index (κ3) is 2.06. The number of piperazine rings is 1. The zero-order valence-electron chi connectivity index (χ0n) is 9.69. The molecule has 0 unspecified atom stereocenters. The first kappa shape index (κ1) is 10.4. The van der Waals surface area contributed by atoms with Gasteiger partial charge in [-0.3, -0.25) is 0 Å². The van der Waals surface area contributed by atoms with Gasteiger partial charge in [-0.1, -0.05) is 12.1 Å². The molecule has 3 nitrogen and oxygen atoms in total. The van der Waals surface area contributed by atoms with Crippen molar-refractivity contribution in [3.8, 4) is 5.75 Å². The van der Waals surface area contributed by atoms with Crippen LogP contribution in [0.2, 0.25) is 0 Å². The summed E-state index contributed by atoms with van der Waals surface area (Å²) in [6, 6.07) is 11.9. The van der Waals surface area contributed by atoms with E-state index in [0.29, 0.717) is 5.75 Å². The van der Waals surface area contributed by atoms with Crippen LogP contribution in [0.4, 0.5) is 5.69 Å². The average molecular weight is 228 g/mol. The molecule has 1 aliphatic heterocycles. The lowest BCUT2D eigenvalue weighted by Crippen LogP contribution is -2.43. The second kappa shape index (κ2) is 4.26. The monoisotopic (exact) mass is 228 g/mol. The lowest BCUT2D eigenvalue weighted by atomic mass is 10.1. The molecule has 88 valence electrons. The van der Waals surface area contributed by atoms with Crippen molar-refractivity contribution in [2.45, 2.75) is 0 Å². The molecule has 3 heteroatoms. The number of hydrogen-bond donors (Lipinski definition) is 2. The Bertz CT molecular complexity index is 533. The largest absolute Gasteiger partial charge is 0.508 e. The molecule has 0 bridgehead atoms. The van der Waals surface area contributed by atoms with Crippen molar-refractivity contribution in [3.63, 3.8) is 0 Å². The molecule has 0 radical (unpaired) electrons. The van der Waals surface area contributed by atoms with E-state index in [1.807, 2.05) is 12.1 Å². The van der Waals surface area contributed by atoms with Crippen molar-refractivity contribution in [2.75, 3.05) is 31.1 Å². The van der Waals surface area contributed by atoms with Crippen LogP contribution in [0.1, 0.15) is 0 Å². The summed E-state index contributed by atoms with van der Waals surface area (Å²) in [6.07, 6.45) is 0. The molecule has 2 aromatic carbocycles. The minimum Gasteiger partial charge on any atom is -0.508 e. The van der Waals surface area contributed by atoms with Gasteiger partial charge in [0.25, 0.3) is 0 Å². The highest BCUT2D eigenvalue weighted by atomic mass is 16.3. The van der Waals surface area contributed by atoms with Crippen molar-refractivity contribution < 1.29 is 5.11 Å². The third-order valence-electron chi connectivity index (χ3n) is 3.29. The Hall–Kier alpha value is -1.74. The van der Waals surface area contributed by atoms with Crippen molar-refractivity contribution in [1.29, 1.82) is 0 Å². The molecule has 1 saturated heterocycles. The van der Waals surface area contributed by atoms with Gasteiger partial charge in [-0.25, -0.2) is 0 Å². The smallest absolute Gasteiger partial charge is 0.116 e. The van der Waals surface area contributed by atoms with Gasteiger partial charge < -0.3 is 15.3 Å². The summed E-state index contributed by atoms with van der Waals surface area (Å²) in [5.41, 5.74) is 1.24. The van der Waals surface area contributed by atoms with Crippen LogP contribution in [0.15, 0.2) is 36.4 Å². The van der Waals surface area contributed by atoms with Gasteiger partial charge in [-0.2, -0.15) is 0 Å². The molecule has 0 amide bonds. The summed E-state index contributed by atoms with van der Waals surface area (Å²) < 4.78 is 0. The predicted octanol–water partition coefficient (Wildman–Crippen LogP) is 1.95. The van der Waals surface area contributed by atoms with E-state index >= 15 is 0 Å². The topological polar surface area (TPSA) is 35.5 Å². The van der Waals surface area contributed by atoms with Gasteiger partial charge in [0.2, 0.25) is 0 Å². The molecular weight excluding hydrogens is 212 g/mol. The first-order valence-electron chi connectivity index (χ1n) is 6.01. The molecule has 0 saturated carbocycles. The van der Waals surface area contributed by atoms with E-state index in [4.69, 9.17) is 0 Å². The molecule has 1 heterocycles. The molecule has 17 heavy (non-hydrogen) atoms. The number of nitrogens with zero attached hydrogens (tertiary/aromatic N) is 1. The molecule has 0 spiro atoms. The van der Waals surface area contributed by atoms with Crippen LogP contribution < -0.4 is 10.2 Å². The first-order chi connectivity index (χ1) is 8.33. The maximum absolute atomic E-state index is 9.51. The van der Waals surface area contributed by atoms with E-state index in [2.05, 4.69) is 28.4 Å². The molecule has 0 aromatic heterocycles. The summed E-state index contributed by atoms with van der Waals surface area (Å²) in [6.45, 7) is 4.17. The molecular formula is C14H16N2O. The van der Waals surface area contributed by atoms with Crippen molar-refractivity contribution in [3.05, 3.63) is 36.4 Å². The summed E-state index contributed by atoms with van der Waals surface area (Å²) in [4.78, 5) is 2.37. The van der Waals surface area contributed by atoms with Gasteiger partial charge in [0.15, 0.2) is 0 Å². The average Bonchev–Trinajstić information content (AvgIpc) is 2.39. The minimum atomic E-state index is 0.329. The maximum atomic E-state index is 9.51. The normalized spacial score (nSPS) is 16.4. The van der Waals surface area contributed by atoms with Crippen LogP contribution >= 0.6 is 0 Å². The van der Waals surface area contributed by atoms with Crippen LogP contribution in [0.25, 0.3) is 10.8 Å². The Morgan fingerprint density at radius 1 is 0.941 bits per heavy atom. The van der Waals surface area contributed by atoms with Gasteiger partial charge in [0, 0.05) is 31.9 Å². The van der Waals surface area contributed by atoms with Gasteiger partial charge in [0.1, 0.15) is 5.75 Å². The SMILES string of the molecule is Oc1ccc2ccc(N3CCNCC3)cc2c1. The predicted molar refractivity (Wildman–Crippen MR) is 70.7 cm³/mol. The van der Waals surface area contributed by atoms with E-state index < -0.39 is 0 Å². The van der Waals surface area contributed by atoms with Gasteiger partial charge in [0.05, 0.1) is 0 Å². The highest BCUT2D eigenvalue weighted by molar-refractivity contribution is 5.87. The van der Waals surface area contributed by atoms with E-state index in [0.717, 1.165) is 31.6 Å². The van der Waals surface area contributed by atoms with Gasteiger partial charge in [-0.15, -0.1) is 0 Å². The second-order valence-corrected chi connectivity index (χ2v) is 4.45. The number of rotatable bonds is 1. The number of benzene rings is 2. The molecule has 0 atom stereocenters. The number of nitrogens with one attached hydrogen (secondary N) is 1. The Morgan fingerprint density at radius 2 is 1.71 bits per heavy atom. The number of hydrogen-bond acceptors (Lipinski definition) is 3. The number of fused-ring (bicyclic) bond motifs is 1. The van der Waals surface area contributed by atoms with Gasteiger partial charge in [-0.05, 0) is 35.0 Å². The van der Waals surface area contributed by atoms with Crippen molar-refractivity contribution >= 4 is 16.5 Å². The lowest BCUT2D eigenvalue weighted by Gasteiger charge is -2.29. The molecule has 1 fully saturated rings. The Labute approximate surface area is 101 Å². The van der Waals surface area contributed by atoms with Crippen LogP contribution in [-0.2, 0) is 0 Å². The van der Waals surface area contributed by atoms with Crippen LogP contribution in [0.3, 0.4) is 0 Å². The number of phenolic OH excluding ortho intramolecular Hbond substituents is 1. The van der Waals surface area contributed by atoms with Gasteiger partial charge >= 0.3 is 0 Å². The number of aromatic hydroxyl groups is 1. The van der Waals surface area contributed by atoms with Crippen molar-refractivity contribution in [1.82, 2.24) is 5.32 Å². The van der Waals surface area contributed by atoms with E-state index in [1.54, 1.807) is 6.07 Å². The zero-order chi connectivity index (χ0) is 11.7. The van der Waals surface area contributed by atoms with E-state index in [-0.39, 0.29) is 0 Å². The summed E-state index contributed by atoms with van der Waals surface area (Å²) >= 11 is 0. The third-order valence-corrected chi connectivity index (χ3v) is 3.29. The standard InChI is InChI=1S/C14H16N2O/c17-14-4-2-11-1-3-13(9-12(11)10-14)16-7-5-15-6-8-16/h1-4,9-10,15,17H,5-8H2. The molecule has 2 N–H and O–H groups in total. The van der Waals surface area contributed by atoms with Crippen LogP contribution in [-0.4, -0.2) is 31.3 Å². The van der Waals surface area contributed by atoms with Crippen LogP contribution in [0.5, 0.6) is 5.75 Å². The molecule has 0 aliphatic carbocycles. The summed E-state index contributed by atoms with van der Waals surface area (Å²) in [5, 5.41) is 15.1. The quantitative estimate of drug-likeness (QED) is 0.783. The lowest BCUT2D eigenvalue weighted by molar-refractivity contribution is 0.476. The fraction of sp³-hybridized carbons (Fsp3) is 0.286. The van der Waals surface area contributed by atoms with Crippen molar-refractivity contribution in [2.24, 2.45) is 0 Å². The Morgan fingerprint density at radius 3 is 2.53 bits per heavy atom. The fourth-order valence-corrected chi connectivity index (χ4v) is 2.34. The highest BCUT2D eigenvalue weighted by Gasteiger charge is 2.10. The minimum absolute atomic E-state index is 0.329. The van der Waals surface area contributed by atoms with E-state index in [9.17, 15) is 5.11 Å². The Kier molecular flexibility index (Phi) is 2.61. The van der Waals surface area contributed by atoms with Crippen LogP contribution in [0, 0.1) is 0 Å². The zero-order valence-corrected chi connectivity index (χ0v) is 9.69. The fourth-order valence-electron chi connectivity index (χ4n) is 2.34.